The van der Waals surface area contributed by atoms with E-state index in [0.717, 1.165) is 48.7 Å². The first-order valence-corrected chi connectivity index (χ1v) is 20.6. The van der Waals surface area contributed by atoms with Gasteiger partial charge in [0.1, 0.15) is 0 Å². The van der Waals surface area contributed by atoms with Crippen LogP contribution in [0.1, 0.15) is 56.5 Å². The molecule has 2 heterocycles. The highest BCUT2D eigenvalue weighted by atomic mass is 19.3. The molecule has 63 heavy (non-hydrogen) atoms. The number of rotatable bonds is 18. The molecular formula is C46H58F4N10O3. The number of anilines is 2. The molecule has 13 nitrogen and oxygen atoms in total. The lowest BCUT2D eigenvalue weighted by Gasteiger charge is -2.35. The highest BCUT2D eigenvalue weighted by molar-refractivity contribution is 5.92. The maximum Gasteiger partial charge on any atom is 0.325 e. The third kappa shape index (κ3) is 16.2. The zero-order chi connectivity index (χ0) is 45.7. The Bertz CT molecular complexity index is 2170. The van der Waals surface area contributed by atoms with Crippen molar-refractivity contribution in [3.63, 3.8) is 0 Å². The number of nitrogens with zero attached hydrogens (tertiary/aromatic N) is 8. The predicted octanol–water partition coefficient (Wildman–Crippen LogP) is 9.52. The summed E-state index contributed by atoms with van der Waals surface area (Å²) >= 11 is 0. The van der Waals surface area contributed by atoms with Crippen molar-refractivity contribution in [1.82, 2.24) is 40.4 Å². The minimum atomic E-state index is -2.81. The van der Waals surface area contributed by atoms with E-state index in [2.05, 4.69) is 61.8 Å². The largest absolute Gasteiger partial charge is 0.415 e. The molecule has 0 spiro atoms. The lowest BCUT2D eigenvalue weighted by molar-refractivity contribution is 0.115. The Morgan fingerprint density at radius 1 is 0.667 bits per heavy atom. The average molecular weight is 875 g/mol. The lowest BCUT2D eigenvalue weighted by atomic mass is 10.1. The second-order valence-corrected chi connectivity index (χ2v) is 14.9. The topological polar surface area (TPSA) is 132 Å². The van der Waals surface area contributed by atoms with Crippen LogP contribution in [-0.4, -0.2) is 108 Å². The van der Waals surface area contributed by atoms with Gasteiger partial charge in [0.25, 0.3) is 11.8 Å². The molecule has 17 heteroatoms. The van der Waals surface area contributed by atoms with E-state index in [1.54, 1.807) is 29.2 Å². The summed E-state index contributed by atoms with van der Waals surface area (Å²) in [4.78, 5) is 21.4. The van der Waals surface area contributed by atoms with Crippen LogP contribution in [-0.2, 0) is 13.1 Å². The summed E-state index contributed by atoms with van der Waals surface area (Å²) in [5.74, 6) is -1.24. The maximum absolute atomic E-state index is 13.6. The molecule has 2 amide bonds. The van der Waals surface area contributed by atoms with Gasteiger partial charge in [-0.05, 0) is 108 Å². The number of likely N-dealkylation sites (N-methyl/N-ethyl adjacent to an activating group) is 4. The van der Waals surface area contributed by atoms with E-state index >= 15 is 0 Å². The van der Waals surface area contributed by atoms with E-state index in [4.69, 9.17) is 8.83 Å². The first-order valence-electron chi connectivity index (χ1n) is 20.6. The first-order chi connectivity index (χ1) is 30.3. The van der Waals surface area contributed by atoms with Gasteiger partial charge in [-0.3, -0.25) is 4.90 Å². The number of hydrogen-bond donors (Lipinski definition) is 2. The van der Waals surface area contributed by atoms with E-state index in [-0.39, 0.29) is 23.9 Å². The van der Waals surface area contributed by atoms with E-state index in [1.165, 1.54) is 0 Å². The fourth-order valence-corrected chi connectivity index (χ4v) is 6.11. The fraction of sp³-hybridized carbons (Fsp3) is 0.370. The number of halogens is 4. The second kappa shape index (κ2) is 25.7. The summed E-state index contributed by atoms with van der Waals surface area (Å²) in [6.07, 6.45) is -5.57. The van der Waals surface area contributed by atoms with Gasteiger partial charge < -0.3 is 34.2 Å². The summed E-state index contributed by atoms with van der Waals surface area (Å²) in [5, 5.41) is 20.5. The zero-order valence-corrected chi connectivity index (χ0v) is 36.9. The second-order valence-electron chi connectivity index (χ2n) is 14.9. The number of urea groups is 1. The molecule has 0 aliphatic carbocycles. The monoisotopic (exact) mass is 874 g/mol. The van der Waals surface area contributed by atoms with Crippen molar-refractivity contribution in [2.75, 3.05) is 71.1 Å². The minimum Gasteiger partial charge on any atom is -0.415 e. The van der Waals surface area contributed by atoms with E-state index in [1.807, 2.05) is 118 Å². The first kappa shape index (κ1) is 49.5. The number of alkyl halides is 4. The summed E-state index contributed by atoms with van der Waals surface area (Å²) in [6.45, 7) is 11.8. The number of hydrogen-bond acceptors (Lipinski definition) is 11. The van der Waals surface area contributed by atoms with Crippen LogP contribution in [0.25, 0.3) is 22.9 Å². The molecule has 0 fully saturated rings. The molecule has 0 bridgehead atoms. The van der Waals surface area contributed by atoms with Gasteiger partial charge >= 0.3 is 18.9 Å². The van der Waals surface area contributed by atoms with Gasteiger partial charge in [0.15, 0.2) is 0 Å². The van der Waals surface area contributed by atoms with Gasteiger partial charge in [-0.1, -0.05) is 67.6 Å². The third-order valence-corrected chi connectivity index (χ3v) is 9.30. The SMILES string of the molecule is CCN(C(=O)N(Cc1ccc(-c2nnc(C(F)F)o2)cc1)c1ccccc1)C(C)CN(C)C.CCNCCN(C)C.FC(F)c1nnc(-c2ccc(CNc3ccccc3)cc2)o1. The molecule has 0 aliphatic rings. The van der Waals surface area contributed by atoms with Gasteiger partial charge in [-0.2, -0.15) is 17.6 Å². The van der Waals surface area contributed by atoms with E-state index in [9.17, 15) is 22.4 Å². The Hall–Kier alpha value is -6.17. The van der Waals surface area contributed by atoms with Gasteiger partial charge in [-0.25, -0.2) is 4.79 Å². The molecule has 0 saturated carbocycles. The van der Waals surface area contributed by atoms with Crippen molar-refractivity contribution in [2.24, 2.45) is 0 Å². The van der Waals surface area contributed by atoms with Crippen molar-refractivity contribution < 1.29 is 31.2 Å². The van der Waals surface area contributed by atoms with Crippen molar-refractivity contribution in [1.29, 1.82) is 0 Å². The van der Waals surface area contributed by atoms with E-state index < -0.39 is 24.6 Å². The van der Waals surface area contributed by atoms with Crippen LogP contribution >= 0.6 is 0 Å². The van der Waals surface area contributed by atoms with Crippen LogP contribution < -0.4 is 15.5 Å². The minimum absolute atomic E-state index is 0.0301. The zero-order valence-electron chi connectivity index (χ0n) is 36.9. The predicted molar refractivity (Wildman–Crippen MR) is 239 cm³/mol. The highest BCUT2D eigenvalue weighted by Crippen LogP contribution is 2.26. The average Bonchev–Trinajstić information content (AvgIpc) is 3.99. The summed E-state index contributed by atoms with van der Waals surface area (Å²) < 4.78 is 60.2. The Morgan fingerprint density at radius 2 is 1.17 bits per heavy atom. The van der Waals surface area contributed by atoms with E-state index in [0.29, 0.717) is 30.8 Å². The molecule has 6 rings (SSSR count). The number of benzene rings is 4. The van der Waals surface area contributed by atoms with Crippen LogP contribution in [0.4, 0.5) is 33.7 Å². The van der Waals surface area contributed by atoms with Crippen LogP contribution in [0.3, 0.4) is 0 Å². The molecule has 2 aromatic heterocycles. The molecular weight excluding hydrogens is 817 g/mol. The Kier molecular flexibility index (Phi) is 20.2. The highest BCUT2D eigenvalue weighted by Gasteiger charge is 2.26. The smallest absolute Gasteiger partial charge is 0.325 e. The van der Waals surface area contributed by atoms with Crippen LogP contribution in [0, 0.1) is 0 Å². The van der Waals surface area contributed by atoms with Gasteiger partial charge in [0.05, 0.1) is 6.54 Å². The number of nitrogens with one attached hydrogen (secondary N) is 2. The number of para-hydroxylation sites is 2. The Morgan fingerprint density at radius 3 is 1.62 bits per heavy atom. The molecule has 6 aromatic rings. The molecule has 4 aromatic carbocycles. The quantitative estimate of drug-likeness (QED) is 0.0633. The van der Waals surface area contributed by atoms with Crippen LogP contribution in [0.2, 0.25) is 0 Å². The Balaban J connectivity index is 0.000000248. The fourth-order valence-electron chi connectivity index (χ4n) is 6.11. The summed E-state index contributed by atoms with van der Waals surface area (Å²) in [5.41, 5.74) is 4.90. The van der Waals surface area contributed by atoms with Crippen molar-refractivity contribution in [2.45, 2.75) is 52.8 Å². The van der Waals surface area contributed by atoms with Gasteiger partial charge in [0.2, 0.25) is 11.8 Å². The summed E-state index contributed by atoms with van der Waals surface area (Å²) in [7, 11) is 8.13. The number of carbonyl (C=O) groups is 1. The van der Waals surface area contributed by atoms with Crippen LogP contribution in [0.5, 0.6) is 0 Å². The molecule has 338 valence electrons. The summed E-state index contributed by atoms with van der Waals surface area (Å²) in [6, 6.07) is 33.7. The van der Waals surface area contributed by atoms with Gasteiger partial charge in [-0.15, -0.1) is 20.4 Å². The molecule has 2 N–H and O–H groups in total. The number of aromatic nitrogens is 4. The maximum atomic E-state index is 13.6. The number of amides is 2. The van der Waals surface area contributed by atoms with Crippen LogP contribution in [0.15, 0.2) is 118 Å². The normalized spacial score (nSPS) is 11.5. The molecule has 0 saturated heterocycles. The molecule has 0 radical (unpaired) electrons. The Labute approximate surface area is 367 Å². The van der Waals surface area contributed by atoms with Crippen molar-refractivity contribution >= 4 is 17.4 Å². The van der Waals surface area contributed by atoms with Crippen molar-refractivity contribution in [3.8, 4) is 22.9 Å². The van der Waals surface area contributed by atoms with Gasteiger partial charge in [0, 0.05) is 61.3 Å². The number of carbonyl (C=O) groups excluding carboxylic acids is 1. The molecule has 1 atom stereocenters. The third-order valence-electron chi connectivity index (χ3n) is 9.30. The van der Waals surface area contributed by atoms with Crippen molar-refractivity contribution in [3.05, 3.63) is 132 Å². The standard InChI is InChI=1S/C24H29F2N5O2.C16H13F2N3O.C6H16N2/c1-5-30(17(2)15-29(3)4)24(32)31(20-9-7-6-8-10-20)16-18-11-13-19(14-12-18)22-27-28-23(33-22)21(25)26;17-14(18)16-21-20-15(22-16)12-8-6-11(7-9-12)10-19-13-4-2-1-3-5-13;1-4-7-5-6-8(2)3/h6-14,17,21H,5,15-16H2,1-4H3;1-9,14,19H,10H2;7H,4-6H2,1-3H3. The lowest BCUT2D eigenvalue weighted by Crippen LogP contribution is -2.50. The molecule has 0 aliphatic heterocycles. The molecule has 1 unspecified atom stereocenters.